The van der Waals surface area contributed by atoms with Crippen LogP contribution in [0, 0.1) is 0 Å². The van der Waals surface area contributed by atoms with E-state index in [0.29, 0.717) is 6.61 Å². The Morgan fingerprint density at radius 2 is 1.74 bits per heavy atom. The van der Waals surface area contributed by atoms with Crippen molar-refractivity contribution in [3.8, 4) is 0 Å². The second kappa shape index (κ2) is 8.93. The number of unbranched alkanes of at least 4 members (excludes halogenated alkanes) is 1. The second-order valence-corrected chi connectivity index (χ2v) is 5.37. The SMILES string of the molecule is CCCCOC(=O)c1ccccc1C(=O)OCC1=CCCC=C1. The Morgan fingerprint density at radius 3 is 2.35 bits per heavy atom. The largest absolute Gasteiger partial charge is 0.462 e. The van der Waals surface area contributed by atoms with E-state index in [-0.39, 0.29) is 17.7 Å². The fraction of sp³-hybridized carbons (Fsp3) is 0.368. The normalized spacial score (nSPS) is 13.3. The van der Waals surface area contributed by atoms with Gasteiger partial charge in [0.1, 0.15) is 6.61 Å². The molecule has 2 rings (SSSR count). The summed E-state index contributed by atoms with van der Waals surface area (Å²) < 4.78 is 10.5. The minimum atomic E-state index is -0.507. The third-order valence-corrected chi connectivity index (χ3v) is 3.54. The van der Waals surface area contributed by atoms with E-state index in [1.807, 2.05) is 13.0 Å². The van der Waals surface area contributed by atoms with Crippen LogP contribution < -0.4 is 0 Å². The molecule has 0 saturated carbocycles. The van der Waals surface area contributed by atoms with E-state index in [0.717, 1.165) is 31.3 Å². The number of carbonyl (C=O) groups is 2. The third-order valence-electron chi connectivity index (χ3n) is 3.54. The van der Waals surface area contributed by atoms with Crippen LogP contribution in [0.25, 0.3) is 0 Å². The van der Waals surface area contributed by atoms with Gasteiger partial charge in [-0.15, -0.1) is 0 Å². The highest BCUT2D eigenvalue weighted by Crippen LogP contribution is 2.15. The van der Waals surface area contributed by atoms with Crippen molar-refractivity contribution in [1.29, 1.82) is 0 Å². The Morgan fingerprint density at radius 1 is 1.04 bits per heavy atom. The van der Waals surface area contributed by atoms with Crippen molar-refractivity contribution in [3.63, 3.8) is 0 Å². The lowest BCUT2D eigenvalue weighted by Gasteiger charge is -2.11. The molecule has 0 amide bonds. The summed E-state index contributed by atoms with van der Waals surface area (Å²) in [5.41, 5.74) is 1.48. The molecule has 1 aliphatic rings. The van der Waals surface area contributed by atoms with E-state index in [2.05, 4.69) is 12.2 Å². The van der Waals surface area contributed by atoms with Gasteiger partial charge in [-0.1, -0.05) is 43.7 Å². The van der Waals surface area contributed by atoms with Gasteiger partial charge in [-0.3, -0.25) is 0 Å². The van der Waals surface area contributed by atoms with E-state index in [1.165, 1.54) is 0 Å². The van der Waals surface area contributed by atoms with Crippen molar-refractivity contribution in [2.75, 3.05) is 13.2 Å². The minimum Gasteiger partial charge on any atom is -0.462 e. The summed E-state index contributed by atoms with van der Waals surface area (Å²) in [4.78, 5) is 24.4. The molecule has 0 fully saturated rings. The van der Waals surface area contributed by atoms with Crippen LogP contribution in [0.3, 0.4) is 0 Å². The number of rotatable bonds is 7. The fourth-order valence-electron chi connectivity index (χ4n) is 2.23. The van der Waals surface area contributed by atoms with Gasteiger partial charge in [0.15, 0.2) is 0 Å². The molecule has 0 heterocycles. The van der Waals surface area contributed by atoms with Crippen LogP contribution >= 0.6 is 0 Å². The third kappa shape index (κ3) is 5.09. The summed E-state index contributed by atoms with van der Waals surface area (Å²) in [6.45, 7) is 2.60. The first-order valence-electron chi connectivity index (χ1n) is 8.01. The first-order chi connectivity index (χ1) is 11.2. The van der Waals surface area contributed by atoms with E-state index >= 15 is 0 Å². The summed E-state index contributed by atoms with van der Waals surface area (Å²) in [6.07, 6.45) is 9.80. The van der Waals surface area contributed by atoms with Gasteiger partial charge in [0.25, 0.3) is 0 Å². The summed E-state index contributed by atoms with van der Waals surface area (Å²) in [5, 5.41) is 0. The van der Waals surface area contributed by atoms with Crippen LogP contribution in [-0.4, -0.2) is 25.2 Å². The molecule has 0 bridgehead atoms. The van der Waals surface area contributed by atoms with Gasteiger partial charge in [-0.2, -0.15) is 0 Å². The molecule has 4 nitrogen and oxygen atoms in total. The molecule has 4 heteroatoms. The molecule has 1 aromatic rings. The quantitative estimate of drug-likeness (QED) is 0.562. The average molecular weight is 314 g/mol. The van der Waals surface area contributed by atoms with Crippen LogP contribution in [0.1, 0.15) is 53.3 Å². The average Bonchev–Trinajstić information content (AvgIpc) is 2.60. The van der Waals surface area contributed by atoms with Gasteiger partial charge >= 0.3 is 11.9 Å². The molecule has 0 unspecified atom stereocenters. The minimum absolute atomic E-state index is 0.217. The van der Waals surface area contributed by atoms with Crippen molar-refractivity contribution in [3.05, 3.63) is 59.2 Å². The Hall–Kier alpha value is -2.36. The Balaban J connectivity index is 2.00. The van der Waals surface area contributed by atoms with Gasteiger partial charge in [0.2, 0.25) is 0 Å². The Labute approximate surface area is 136 Å². The zero-order chi connectivity index (χ0) is 16.5. The molecule has 1 aliphatic carbocycles. The number of hydrogen-bond acceptors (Lipinski definition) is 4. The molecular weight excluding hydrogens is 292 g/mol. The number of hydrogen-bond donors (Lipinski definition) is 0. The van der Waals surface area contributed by atoms with E-state index < -0.39 is 11.9 Å². The smallest absolute Gasteiger partial charge is 0.339 e. The monoisotopic (exact) mass is 314 g/mol. The van der Waals surface area contributed by atoms with Gasteiger partial charge in [-0.05, 0) is 37.0 Å². The maximum absolute atomic E-state index is 12.3. The van der Waals surface area contributed by atoms with Crippen molar-refractivity contribution in [1.82, 2.24) is 0 Å². The molecule has 0 saturated heterocycles. The van der Waals surface area contributed by atoms with Gasteiger partial charge in [-0.25, -0.2) is 9.59 Å². The van der Waals surface area contributed by atoms with Gasteiger partial charge in [0.05, 0.1) is 17.7 Å². The molecule has 0 aromatic heterocycles. The lowest BCUT2D eigenvalue weighted by molar-refractivity contribution is 0.0469. The topological polar surface area (TPSA) is 52.6 Å². The van der Waals surface area contributed by atoms with Gasteiger partial charge < -0.3 is 9.47 Å². The molecule has 0 aliphatic heterocycles. The standard InChI is InChI=1S/C19H22O4/c1-2-3-13-22-18(20)16-11-7-8-12-17(16)19(21)23-14-15-9-5-4-6-10-15/h5,7-12H,2-4,6,13-14H2,1H3. The van der Waals surface area contributed by atoms with Crippen molar-refractivity contribution in [2.24, 2.45) is 0 Å². The number of benzene rings is 1. The van der Waals surface area contributed by atoms with Crippen molar-refractivity contribution >= 4 is 11.9 Å². The number of carbonyl (C=O) groups excluding carboxylic acids is 2. The van der Waals surface area contributed by atoms with E-state index in [1.54, 1.807) is 24.3 Å². The number of allylic oxidation sites excluding steroid dienone is 2. The Bertz CT molecular complexity index is 614. The lowest BCUT2D eigenvalue weighted by Crippen LogP contribution is -2.15. The van der Waals surface area contributed by atoms with Crippen LogP contribution in [0.2, 0.25) is 0 Å². The molecule has 122 valence electrons. The highest BCUT2D eigenvalue weighted by atomic mass is 16.5. The first-order valence-corrected chi connectivity index (χ1v) is 8.01. The summed E-state index contributed by atoms with van der Waals surface area (Å²) in [5.74, 6) is -0.990. The molecule has 1 aromatic carbocycles. The molecular formula is C19H22O4. The van der Waals surface area contributed by atoms with Crippen LogP contribution in [0.5, 0.6) is 0 Å². The number of ether oxygens (including phenoxy) is 2. The highest BCUT2D eigenvalue weighted by Gasteiger charge is 2.19. The first kappa shape index (κ1) is 17.0. The molecule has 0 spiro atoms. The van der Waals surface area contributed by atoms with Crippen LogP contribution in [0.4, 0.5) is 0 Å². The molecule has 0 N–H and O–H groups in total. The maximum Gasteiger partial charge on any atom is 0.339 e. The molecule has 0 radical (unpaired) electrons. The van der Waals surface area contributed by atoms with E-state index in [4.69, 9.17) is 9.47 Å². The predicted molar refractivity (Wildman–Crippen MR) is 88.4 cm³/mol. The second-order valence-electron chi connectivity index (χ2n) is 5.37. The summed E-state index contributed by atoms with van der Waals surface area (Å²) >= 11 is 0. The van der Waals surface area contributed by atoms with Crippen LogP contribution in [-0.2, 0) is 9.47 Å². The molecule has 23 heavy (non-hydrogen) atoms. The number of esters is 2. The summed E-state index contributed by atoms with van der Waals surface area (Å²) in [6, 6.07) is 6.59. The highest BCUT2D eigenvalue weighted by molar-refractivity contribution is 6.03. The Kier molecular flexibility index (Phi) is 6.60. The van der Waals surface area contributed by atoms with Crippen LogP contribution in [0.15, 0.2) is 48.1 Å². The van der Waals surface area contributed by atoms with Gasteiger partial charge in [0, 0.05) is 0 Å². The fourth-order valence-corrected chi connectivity index (χ4v) is 2.23. The lowest BCUT2D eigenvalue weighted by atomic mass is 10.1. The zero-order valence-corrected chi connectivity index (χ0v) is 13.4. The maximum atomic E-state index is 12.3. The van der Waals surface area contributed by atoms with E-state index in [9.17, 15) is 9.59 Å². The predicted octanol–water partition coefficient (Wildman–Crippen LogP) is 4.08. The van der Waals surface area contributed by atoms with Crippen molar-refractivity contribution < 1.29 is 19.1 Å². The summed E-state index contributed by atoms with van der Waals surface area (Å²) in [7, 11) is 0. The zero-order valence-electron chi connectivity index (χ0n) is 13.4. The molecule has 0 atom stereocenters. The van der Waals surface area contributed by atoms with Crippen molar-refractivity contribution in [2.45, 2.75) is 32.6 Å².